The van der Waals surface area contributed by atoms with E-state index in [4.69, 9.17) is 9.52 Å². The van der Waals surface area contributed by atoms with E-state index in [0.29, 0.717) is 12.5 Å². The van der Waals surface area contributed by atoms with Gasteiger partial charge in [0.1, 0.15) is 4.90 Å². The number of rotatable bonds is 5. The van der Waals surface area contributed by atoms with E-state index in [2.05, 4.69) is 20.7 Å². The number of hydrogen-bond donors (Lipinski definition) is 2. The maximum Gasteiger partial charge on any atom is 0.371 e. The zero-order valence-electron chi connectivity index (χ0n) is 10.1. The lowest BCUT2D eigenvalue weighted by molar-refractivity contribution is 0.0661. The standard InChI is InChI=1S/C11H14BrNO5S/c12-10-9(5-8(18-10)11(14)15)19(16,17)13-6-7-3-1-2-4-7/h5,7,13H,1-4,6H2,(H,14,15). The number of aromatic carboxylic acids is 1. The van der Waals surface area contributed by atoms with Crippen molar-refractivity contribution in [2.24, 2.45) is 5.92 Å². The molecule has 1 aliphatic rings. The second kappa shape index (κ2) is 5.64. The van der Waals surface area contributed by atoms with E-state index in [1.807, 2.05) is 0 Å². The highest BCUT2D eigenvalue weighted by molar-refractivity contribution is 9.10. The van der Waals surface area contributed by atoms with Crippen LogP contribution in [0.4, 0.5) is 0 Å². The lowest BCUT2D eigenvalue weighted by atomic mass is 10.1. The van der Waals surface area contributed by atoms with Crippen LogP contribution in [-0.2, 0) is 10.0 Å². The molecular formula is C11H14BrNO5S. The lowest BCUT2D eigenvalue weighted by Crippen LogP contribution is -2.28. The predicted molar refractivity (Wildman–Crippen MR) is 70.5 cm³/mol. The smallest absolute Gasteiger partial charge is 0.371 e. The van der Waals surface area contributed by atoms with Crippen molar-refractivity contribution in [3.8, 4) is 0 Å². The lowest BCUT2D eigenvalue weighted by Gasteiger charge is -2.10. The molecule has 2 rings (SSSR count). The second-order valence-electron chi connectivity index (χ2n) is 4.56. The molecule has 0 aromatic carbocycles. The molecular weight excluding hydrogens is 338 g/mol. The van der Waals surface area contributed by atoms with E-state index in [-0.39, 0.29) is 9.56 Å². The third kappa shape index (κ3) is 3.37. The molecule has 1 aliphatic carbocycles. The Morgan fingerprint density at radius 2 is 2.11 bits per heavy atom. The molecule has 1 heterocycles. The summed E-state index contributed by atoms with van der Waals surface area (Å²) in [7, 11) is -3.75. The fraction of sp³-hybridized carbons (Fsp3) is 0.545. The highest BCUT2D eigenvalue weighted by Crippen LogP contribution is 2.27. The molecule has 19 heavy (non-hydrogen) atoms. The van der Waals surface area contributed by atoms with Crippen molar-refractivity contribution in [2.45, 2.75) is 30.6 Å². The summed E-state index contributed by atoms with van der Waals surface area (Å²) >= 11 is 2.93. The Labute approximate surface area is 119 Å². The summed E-state index contributed by atoms with van der Waals surface area (Å²) in [5, 5.41) is 8.76. The number of furan rings is 1. The number of halogens is 1. The third-order valence-corrected chi connectivity index (χ3v) is 5.47. The minimum absolute atomic E-state index is 0.0937. The van der Waals surface area contributed by atoms with Gasteiger partial charge in [-0.3, -0.25) is 0 Å². The predicted octanol–water partition coefficient (Wildman–Crippen LogP) is 2.21. The van der Waals surface area contributed by atoms with Crippen LogP contribution in [0.5, 0.6) is 0 Å². The molecule has 0 bridgehead atoms. The van der Waals surface area contributed by atoms with Gasteiger partial charge in [-0.25, -0.2) is 17.9 Å². The zero-order chi connectivity index (χ0) is 14.0. The molecule has 0 saturated heterocycles. The molecule has 2 N–H and O–H groups in total. The average molecular weight is 352 g/mol. The Morgan fingerprint density at radius 3 is 2.63 bits per heavy atom. The Kier molecular flexibility index (Phi) is 4.32. The Balaban J connectivity index is 2.12. The van der Waals surface area contributed by atoms with Crippen molar-refractivity contribution in [2.75, 3.05) is 6.54 Å². The molecule has 1 saturated carbocycles. The van der Waals surface area contributed by atoms with Gasteiger partial charge in [0.05, 0.1) is 0 Å². The number of hydrogen-bond acceptors (Lipinski definition) is 4. The van der Waals surface area contributed by atoms with Crippen LogP contribution in [-0.4, -0.2) is 26.0 Å². The van der Waals surface area contributed by atoms with Crippen LogP contribution in [0.15, 0.2) is 20.0 Å². The summed E-state index contributed by atoms with van der Waals surface area (Å²) in [6.45, 7) is 0.377. The van der Waals surface area contributed by atoms with E-state index in [9.17, 15) is 13.2 Å². The van der Waals surface area contributed by atoms with Crippen molar-refractivity contribution < 1.29 is 22.7 Å². The van der Waals surface area contributed by atoms with Crippen LogP contribution in [0.25, 0.3) is 0 Å². The minimum atomic E-state index is -3.75. The third-order valence-electron chi connectivity index (χ3n) is 3.19. The molecule has 0 radical (unpaired) electrons. The molecule has 0 aliphatic heterocycles. The van der Waals surface area contributed by atoms with Crippen molar-refractivity contribution in [3.05, 3.63) is 16.5 Å². The summed E-state index contributed by atoms with van der Waals surface area (Å²) < 4.78 is 31.3. The molecule has 8 heteroatoms. The summed E-state index contributed by atoms with van der Waals surface area (Å²) in [4.78, 5) is 10.6. The Bertz CT molecular complexity index is 574. The van der Waals surface area contributed by atoms with Crippen LogP contribution in [0.2, 0.25) is 0 Å². The van der Waals surface area contributed by atoms with Gasteiger partial charge in [-0.1, -0.05) is 12.8 Å². The summed E-state index contributed by atoms with van der Waals surface area (Å²) in [5.74, 6) is -1.36. The van der Waals surface area contributed by atoms with E-state index in [0.717, 1.165) is 31.7 Å². The number of sulfonamides is 1. The highest BCUT2D eigenvalue weighted by Gasteiger charge is 2.26. The Hall–Kier alpha value is -0.860. The van der Waals surface area contributed by atoms with Gasteiger partial charge in [0, 0.05) is 12.6 Å². The topological polar surface area (TPSA) is 96.6 Å². The fourth-order valence-corrected chi connectivity index (χ4v) is 4.21. The summed E-state index contributed by atoms with van der Waals surface area (Å²) in [6, 6.07) is 1.00. The van der Waals surface area contributed by atoms with Crippen LogP contribution in [0.1, 0.15) is 36.2 Å². The van der Waals surface area contributed by atoms with Gasteiger partial charge in [-0.15, -0.1) is 0 Å². The van der Waals surface area contributed by atoms with Gasteiger partial charge in [0.25, 0.3) is 0 Å². The fourth-order valence-electron chi connectivity index (χ4n) is 2.16. The van der Waals surface area contributed by atoms with Crippen molar-refractivity contribution in [1.82, 2.24) is 4.72 Å². The number of carbonyl (C=O) groups is 1. The van der Waals surface area contributed by atoms with E-state index in [1.165, 1.54) is 0 Å². The van der Waals surface area contributed by atoms with Crippen molar-refractivity contribution >= 4 is 31.9 Å². The first-order valence-corrected chi connectivity index (χ1v) is 8.20. The van der Waals surface area contributed by atoms with Crippen molar-refractivity contribution in [1.29, 1.82) is 0 Å². The molecule has 0 atom stereocenters. The van der Waals surface area contributed by atoms with Crippen molar-refractivity contribution in [3.63, 3.8) is 0 Å². The van der Waals surface area contributed by atoms with Gasteiger partial charge < -0.3 is 9.52 Å². The quantitative estimate of drug-likeness (QED) is 0.847. The van der Waals surface area contributed by atoms with Gasteiger partial charge in [0.2, 0.25) is 15.8 Å². The van der Waals surface area contributed by atoms with Gasteiger partial charge >= 0.3 is 5.97 Å². The number of carboxylic acids is 1. The second-order valence-corrected chi connectivity index (χ2v) is 7.01. The van der Waals surface area contributed by atoms with Gasteiger partial charge in [0.15, 0.2) is 4.67 Å². The van der Waals surface area contributed by atoms with Crippen LogP contribution < -0.4 is 4.72 Å². The molecule has 6 nitrogen and oxygen atoms in total. The SMILES string of the molecule is O=C(O)c1cc(S(=O)(=O)NCC2CCCC2)c(Br)o1. The average Bonchev–Trinajstić information content (AvgIpc) is 2.95. The first-order valence-electron chi connectivity index (χ1n) is 5.92. The molecule has 1 fully saturated rings. The maximum absolute atomic E-state index is 12.1. The Morgan fingerprint density at radius 1 is 1.47 bits per heavy atom. The molecule has 106 valence electrons. The van der Waals surface area contributed by atoms with Crippen LogP contribution in [0, 0.1) is 5.92 Å². The number of nitrogens with one attached hydrogen (secondary N) is 1. The minimum Gasteiger partial charge on any atom is -0.475 e. The molecule has 1 aromatic rings. The van der Waals surface area contributed by atoms with E-state index in [1.54, 1.807) is 0 Å². The van der Waals surface area contributed by atoms with Gasteiger partial charge in [-0.2, -0.15) is 0 Å². The highest BCUT2D eigenvalue weighted by atomic mass is 79.9. The molecule has 1 aromatic heterocycles. The summed E-state index contributed by atoms with van der Waals surface area (Å²) in [5.41, 5.74) is 0. The van der Waals surface area contributed by atoms with Crippen LogP contribution >= 0.6 is 15.9 Å². The molecule has 0 unspecified atom stereocenters. The van der Waals surface area contributed by atoms with Crippen LogP contribution in [0.3, 0.4) is 0 Å². The maximum atomic E-state index is 12.1. The van der Waals surface area contributed by atoms with Gasteiger partial charge in [-0.05, 0) is 34.7 Å². The normalized spacial score (nSPS) is 16.9. The molecule has 0 spiro atoms. The largest absolute Gasteiger partial charge is 0.475 e. The molecule has 0 amide bonds. The monoisotopic (exact) mass is 351 g/mol. The number of carboxylic acid groups (broad SMARTS) is 1. The first-order chi connectivity index (χ1) is 8.90. The summed E-state index contributed by atoms with van der Waals surface area (Å²) in [6.07, 6.45) is 4.31. The first kappa shape index (κ1) is 14.5. The van der Waals surface area contributed by atoms with E-state index < -0.39 is 21.8 Å². The van der Waals surface area contributed by atoms with E-state index >= 15 is 0 Å². The zero-order valence-corrected chi connectivity index (χ0v) is 12.5.